The molecule has 0 aliphatic rings. The number of amides is 1. The molecular formula is C13H9N3O2. The molecule has 0 aliphatic carbocycles. The number of primary amides is 1. The van der Waals surface area contributed by atoms with Crippen molar-refractivity contribution in [1.29, 1.82) is 0 Å². The van der Waals surface area contributed by atoms with E-state index in [1.54, 1.807) is 24.4 Å². The molecule has 0 radical (unpaired) electrons. The lowest BCUT2D eigenvalue weighted by atomic mass is 10.1. The Labute approximate surface area is 102 Å². The third kappa shape index (κ3) is 1.62. The second-order valence-corrected chi connectivity index (χ2v) is 3.82. The summed E-state index contributed by atoms with van der Waals surface area (Å²) in [7, 11) is 0. The second kappa shape index (κ2) is 3.96. The lowest BCUT2D eigenvalue weighted by Gasteiger charge is -1.96. The van der Waals surface area contributed by atoms with E-state index in [0.717, 1.165) is 11.1 Å². The predicted octanol–water partition coefficient (Wildman–Crippen LogP) is 1.99. The van der Waals surface area contributed by atoms with Crippen LogP contribution >= 0.6 is 0 Å². The van der Waals surface area contributed by atoms with Gasteiger partial charge in [-0.2, -0.15) is 0 Å². The molecule has 18 heavy (non-hydrogen) atoms. The van der Waals surface area contributed by atoms with Gasteiger partial charge in [-0.05, 0) is 30.3 Å². The van der Waals surface area contributed by atoms with Gasteiger partial charge in [-0.15, -0.1) is 0 Å². The zero-order chi connectivity index (χ0) is 12.5. The lowest BCUT2D eigenvalue weighted by molar-refractivity contribution is 0.100. The molecule has 5 nitrogen and oxygen atoms in total. The Morgan fingerprint density at radius 3 is 2.83 bits per heavy atom. The van der Waals surface area contributed by atoms with Gasteiger partial charge < -0.3 is 10.3 Å². The number of carbonyl (C=O) groups excluding carboxylic acids is 1. The van der Waals surface area contributed by atoms with Crippen molar-refractivity contribution in [2.24, 2.45) is 5.73 Å². The Balaban J connectivity index is 2.19. The van der Waals surface area contributed by atoms with Crippen molar-refractivity contribution in [3.05, 3.63) is 48.2 Å². The average molecular weight is 239 g/mol. The van der Waals surface area contributed by atoms with E-state index in [9.17, 15) is 4.79 Å². The molecule has 2 heterocycles. The number of nitrogens with zero attached hydrogens (tertiary/aromatic N) is 2. The van der Waals surface area contributed by atoms with Crippen molar-refractivity contribution in [2.45, 2.75) is 0 Å². The molecule has 0 saturated heterocycles. The molecule has 0 fully saturated rings. The fourth-order valence-electron chi connectivity index (χ4n) is 1.78. The van der Waals surface area contributed by atoms with Gasteiger partial charge in [0.15, 0.2) is 5.58 Å². The summed E-state index contributed by atoms with van der Waals surface area (Å²) in [5, 5.41) is 4.78. The SMILES string of the molecule is NC(=O)c1ccc2c(-c3ccccn3)noc2c1. The third-order valence-electron chi connectivity index (χ3n) is 2.66. The van der Waals surface area contributed by atoms with E-state index in [0.29, 0.717) is 16.8 Å². The molecule has 0 bridgehead atoms. The van der Waals surface area contributed by atoms with Crippen molar-refractivity contribution in [1.82, 2.24) is 10.1 Å². The largest absolute Gasteiger partial charge is 0.366 e. The summed E-state index contributed by atoms with van der Waals surface area (Å²) in [5.41, 5.74) is 7.50. The molecule has 3 rings (SSSR count). The van der Waals surface area contributed by atoms with Gasteiger partial charge in [0.2, 0.25) is 5.91 Å². The molecule has 88 valence electrons. The van der Waals surface area contributed by atoms with Crippen molar-refractivity contribution in [3.8, 4) is 11.4 Å². The number of aromatic nitrogens is 2. The average Bonchev–Trinajstić information content (AvgIpc) is 2.82. The van der Waals surface area contributed by atoms with Crippen LogP contribution in [0.1, 0.15) is 10.4 Å². The highest BCUT2D eigenvalue weighted by Gasteiger charge is 2.12. The zero-order valence-electron chi connectivity index (χ0n) is 9.33. The molecule has 5 heteroatoms. The van der Waals surface area contributed by atoms with Gasteiger partial charge in [0.1, 0.15) is 5.69 Å². The summed E-state index contributed by atoms with van der Waals surface area (Å²) in [4.78, 5) is 15.3. The maximum Gasteiger partial charge on any atom is 0.248 e. The fourth-order valence-corrected chi connectivity index (χ4v) is 1.78. The molecule has 0 atom stereocenters. The van der Waals surface area contributed by atoms with E-state index in [4.69, 9.17) is 10.3 Å². The topological polar surface area (TPSA) is 82.0 Å². The van der Waals surface area contributed by atoms with Gasteiger partial charge in [0.05, 0.1) is 11.1 Å². The zero-order valence-corrected chi connectivity index (χ0v) is 9.33. The van der Waals surface area contributed by atoms with E-state index in [2.05, 4.69) is 10.1 Å². The molecule has 0 unspecified atom stereocenters. The smallest absolute Gasteiger partial charge is 0.248 e. The summed E-state index contributed by atoms with van der Waals surface area (Å²) >= 11 is 0. The van der Waals surface area contributed by atoms with E-state index >= 15 is 0 Å². The highest BCUT2D eigenvalue weighted by molar-refractivity contribution is 5.99. The van der Waals surface area contributed by atoms with Crippen LogP contribution in [0.15, 0.2) is 47.1 Å². The highest BCUT2D eigenvalue weighted by atomic mass is 16.5. The number of carbonyl (C=O) groups is 1. The summed E-state index contributed by atoms with van der Waals surface area (Å²) in [6, 6.07) is 10.5. The number of hydrogen-bond acceptors (Lipinski definition) is 4. The minimum atomic E-state index is -0.493. The molecular weight excluding hydrogens is 230 g/mol. The standard InChI is InChI=1S/C13H9N3O2/c14-13(17)8-4-5-9-11(7-8)18-16-12(9)10-3-1-2-6-15-10/h1-7H,(H2,14,17). The van der Waals surface area contributed by atoms with Gasteiger partial charge in [0, 0.05) is 11.8 Å². The number of hydrogen-bond donors (Lipinski definition) is 1. The number of benzene rings is 1. The summed E-state index contributed by atoms with van der Waals surface area (Å²) in [6.07, 6.45) is 1.69. The van der Waals surface area contributed by atoms with Crippen LogP contribution < -0.4 is 5.73 Å². The molecule has 0 spiro atoms. The van der Waals surface area contributed by atoms with E-state index in [-0.39, 0.29) is 0 Å². The number of rotatable bonds is 2. The molecule has 1 aromatic carbocycles. The minimum Gasteiger partial charge on any atom is -0.366 e. The molecule has 2 N–H and O–H groups in total. The maximum absolute atomic E-state index is 11.1. The Morgan fingerprint density at radius 1 is 1.22 bits per heavy atom. The van der Waals surface area contributed by atoms with E-state index < -0.39 is 5.91 Å². The summed E-state index contributed by atoms with van der Waals surface area (Å²) in [6.45, 7) is 0. The quantitative estimate of drug-likeness (QED) is 0.741. The molecule has 1 amide bonds. The van der Waals surface area contributed by atoms with Crippen LogP contribution in [0.3, 0.4) is 0 Å². The normalized spacial score (nSPS) is 10.7. The first-order chi connectivity index (χ1) is 8.75. The fraction of sp³-hybridized carbons (Fsp3) is 0. The van der Waals surface area contributed by atoms with Crippen LogP contribution in [-0.2, 0) is 0 Å². The predicted molar refractivity (Wildman–Crippen MR) is 65.8 cm³/mol. The first-order valence-electron chi connectivity index (χ1n) is 5.36. The van der Waals surface area contributed by atoms with Crippen molar-refractivity contribution in [3.63, 3.8) is 0 Å². The molecule has 0 aliphatic heterocycles. The number of pyridine rings is 1. The van der Waals surface area contributed by atoms with Crippen LogP contribution in [0.2, 0.25) is 0 Å². The van der Waals surface area contributed by atoms with Crippen LogP contribution in [-0.4, -0.2) is 16.0 Å². The maximum atomic E-state index is 11.1. The van der Waals surface area contributed by atoms with Crippen LogP contribution in [0.5, 0.6) is 0 Å². The Bertz CT molecular complexity index is 719. The Hall–Kier alpha value is -2.69. The number of nitrogens with two attached hydrogens (primary N) is 1. The minimum absolute atomic E-state index is 0.395. The van der Waals surface area contributed by atoms with E-state index in [1.165, 1.54) is 0 Å². The van der Waals surface area contributed by atoms with E-state index in [1.807, 2.05) is 18.2 Å². The van der Waals surface area contributed by atoms with Crippen molar-refractivity contribution < 1.29 is 9.32 Å². The van der Waals surface area contributed by atoms with Crippen LogP contribution in [0.25, 0.3) is 22.4 Å². The first kappa shape index (κ1) is 10.5. The summed E-state index contributed by atoms with van der Waals surface area (Å²) < 4.78 is 5.20. The molecule has 0 saturated carbocycles. The van der Waals surface area contributed by atoms with Crippen LogP contribution in [0.4, 0.5) is 0 Å². The van der Waals surface area contributed by atoms with Gasteiger partial charge in [-0.25, -0.2) is 0 Å². The second-order valence-electron chi connectivity index (χ2n) is 3.82. The summed E-state index contributed by atoms with van der Waals surface area (Å²) in [5.74, 6) is -0.493. The monoisotopic (exact) mass is 239 g/mol. The first-order valence-corrected chi connectivity index (χ1v) is 5.36. The molecule has 2 aromatic heterocycles. The number of fused-ring (bicyclic) bond motifs is 1. The van der Waals surface area contributed by atoms with Gasteiger partial charge in [-0.3, -0.25) is 9.78 Å². The third-order valence-corrected chi connectivity index (χ3v) is 2.66. The Morgan fingerprint density at radius 2 is 2.11 bits per heavy atom. The van der Waals surface area contributed by atoms with Crippen LogP contribution in [0, 0.1) is 0 Å². The molecule has 3 aromatic rings. The lowest BCUT2D eigenvalue weighted by Crippen LogP contribution is -2.10. The van der Waals surface area contributed by atoms with Gasteiger partial charge >= 0.3 is 0 Å². The van der Waals surface area contributed by atoms with Gasteiger partial charge in [0.25, 0.3) is 0 Å². The van der Waals surface area contributed by atoms with Crippen molar-refractivity contribution >= 4 is 16.9 Å². The Kier molecular flexibility index (Phi) is 2.30. The van der Waals surface area contributed by atoms with Gasteiger partial charge in [-0.1, -0.05) is 11.2 Å². The highest BCUT2D eigenvalue weighted by Crippen LogP contribution is 2.26. The van der Waals surface area contributed by atoms with Crippen molar-refractivity contribution in [2.75, 3.05) is 0 Å².